The van der Waals surface area contributed by atoms with Gasteiger partial charge in [0.05, 0.1) is 7.11 Å². The van der Waals surface area contributed by atoms with Gasteiger partial charge in [0, 0.05) is 12.2 Å². The lowest BCUT2D eigenvalue weighted by Gasteiger charge is -2.14. The van der Waals surface area contributed by atoms with Crippen LogP contribution in [0.3, 0.4) is 0 Å². The number of hydrogen-bond acceptors (Lipinski definition) is 3. The average molecular weight is 453 g/mol. The zero-order valence-corrected chi connectivity index (χ0v) is 20.6. The number of benzene rings is 2. The number of methoxy groups -OCH3 is 1. The van der Waals surface area contributed by atoms with Gasteiger partial charge in [0.1, 0.15) is 5.75 Å². The molecule has 0 fully saturated rings. The molecule has 5 nitrogen and oxygen atoms in total. The van der Waals surface area contributed by atoms with Gasteiger partial charge in [0.25, 0.3) is 0 Å². The van der Waals surface area contributed by atoms with Crippen LogP contribution in [-0.4, -0.2) is 29.3 Å². The van der Waals surface area contributed by atoms with Gasteiger partial charge in [-0.15, -0.1) is 0 Å². The Hall–Kier alpha value is -3.34. The van der Waals surface area contributed by atoms with E-state index in [1.807, 2.05) is 24.3 Å². The highest BCUT2D eigenvalue weighted by atomic mass is 16.5. The largest absolute Gasteiger partial charge is 0.497 e. The van der Waals surface area contributed by atoms with E-state index in [-0.39, 0.29) is 0 Å². The molecule has 0 aliphatic carbocycles. The van der Waals surface area contributed by atoms with E-state index in [1.165, 1.54) is 17.2 Å². The summed E-state index contributed by atoms with van der Waals surface area (Å²) in [4.78, 5) is 21.0. The Morgan fingerprint density at radius 3 is 1.58 bits per heavy atom. The second-order valence-corrected chi connectivity index (χ2v) is 8.69. The van der Waals surface area contributed by atoms with Crippen LogP contribution in [0.2, 0.25) is 0 Å². The highest BCUT2D eigenvalue weighted by Crippen LogP contribution is 2.26. The van der Waals surface area contributed by atoms with Crippen molar-refractivity contribution in [2.75, 3.05) is 7.11 Å². The molecule has 2 N–H and O–H groups in total. The van der Waals surface area contributed by atoms with E-state index >= 15 is 0 Å². The molecule has 0 radical (unpaired) electrons. The molecule has 2 aromatic carbocycles. The second-order valence-electron chi connectivity index (χ2n) is 8.69. The molecule has 0 bridgehead atoms. The minimum Gasteiger partial charge on any atom is -0.497 e. The van der Waals surface area contributed by atoms with Crippen LogP contribution in [0.5, 0.6) is 5.75 Å². The van der Waals surface area contributed by atoms with Gasteiger partial charge in [-0.3, -0.25) is 0 Å². The molecule has 178 valence electrons. The van der Waals surface area contributed by atoms with E-state index in [0.717, 1.165) is 28.5 Å². The molecule has 0 aliphatic heterocycles. The van der Waals surface area contributed by atoms with E-state index in [1.54, 1.807) is 19.3 Å². The Labute approximate surface area is 197 Å². The van der Waals surface area contributed by atoms with Crippen LogP contribution in [0.1, 0.15) is 87.1 Å². The summed E-state index contributed by atoms with van der Waals surface area (Å²) in [6.07, 6.45) is 5.61. The SMILES string of the molecule is CC(C)c1ccc(C=CC(=O)O)c(C(C)C)c1.COc1ccc(C=CC(=O)O)c(C(C)C)c1. The Morgan fingerprint density at radius 1 is 0.727 bits per heavy atom. The maximum absolute atomic E-state index is 10.5. The van der Waals surface area contributed by atoms with Crippen molar-refractivity contribution in [1.82, 2.24) is 0 Å². The molecule has 2 aromatic rings. The first-order chi connectivity index (χ1) is 15.5. The number of ether oxygens (including phenoxy) is 1. The van der Waals surface area contributed by atoms with Crippen molar-refractivity contribution >= 4 is 24.1 Å². The quantitative estimate of drug-likeness (QED) is 0.424. The molecule has 2 rings (SSSR count). The fraction of sp³-hybridized carbons (Fsp3) is 0.357. The van der Waals surface area contributed by atoms with Crippen LogP contribution in [0.15, 0.2) is 48.6 Å². The monoisotopic (exact) mass is 452 g/mol. The van der Waals surface area contributed by atoms with Gasteiger partial charge in [0.2, 0.25) is 0 Å². The first kappa shape index (κ1) is 27.7. The highest BCUT2D eigenvalue weighted by Gasteiger charge is 2.08. The molecule has 0 atom stereocenters. The predicted molar refractivity (Wildman–Crippen MR) is 135 cm³/mol. The number of aliphatic carboxylic acids is 2. The van der Waals surface area contributed by atoms with Crippen molar-refractivity contribution < 1.29 is 24.5 Å². The minimum absolute atomic E-state index is 0.323. The second kappa shape index (κ2) is 13.3. The van der Waals surface area contributed by atoms with Gasteiger partial charge in [-0.05, 0) is 69.9 Å². The third-order valence-corrected chi connectivity index (χ3v) is 5.13. The molecule has 0 saturated heterocycles. The Bertz CT molecular complexity index is 997. The third-order valence-electron chi connectivity index (χ3n) is 5.13. The van der Waals surface area contributed by atoms with Crippen molar-refractivity contribution in [3.63, 3.8) is 0 Å². The maximum Gasteiger partial charge on any atom is 0.328 e. The summed E-state index contributed by atoms with van der Waals surface area (Å²) in [6.45, 7) is 12.7. The van der Waals surface area contributed by atoms with E-state index < -0.39 is 11.9 Å². The highest BCUT2D eigenvalue weighted by molar-refractivity contribution is 5.86. The van der Waals surface area contributed by atoms with Gasteiger partial charge in [-0.1, -0.05) is 65.8 Å². The minimum atomic E-state index is -0.939. The zero-order chi connectivity index (χ0) is 25.1. The van der Waals surface area contributed by atoms with Gasteiger partial charge < -0.3 is 14.9 Å². The molecule has 0 saturated carbocycles. The summed E-state index contributed by atoms with van der Waals surface area (Å²) in [6, 6.07) is 11.9. The summed E-state index contributed by atoms with van der Waals surface area (Å²) in [5.74, 6) is 0.144. The van der Waals surface area contributed by atoms with E-state index in [4.69, 9.17) is 14.9 Å². The van der Waals surface area contributed by atoms with Crippen LogP contribution in [-0.2, 0) is 9.59 Å². The summed E-state index contributed by atoms with van der Waals surface area (Å²) < 4.78 is 5.15. The smallest absolute Gasteiger partial charge is 0.328 e. The van der Waals surface area contributed by atoms with Crippen LogP contribution < -0.4 is 4.74 Å². The molecule has 0 aliphatic rings. The molecular weight excluding hydrogens is 416 g/mol. The van der Waals surface area contributed by atoms with Gasteiger partial charge in [-0.25, -0.2) is 9.59 Å². The predicted octanol–water partition coefficient (Wildman–Crippen LogP) is 6.95. The first-order valence-corrected chi connectivity index (χ1v) is 11.1. The third kappa shape index (κ3) is 9.36. The fourth-order valence-electron chi connectivity index (χ4n) is 3.26. The van der Waals surface area contributed by atoms with Gasteiger partial charge in [-0.2, -0.15) is 0 Å². The molecule has 0 aromatic heterocycles. The fourth-order valence-corrected chi connectivity index (χ4v) is 3.26. The molecule has 33 heavy (non-hydrogen) atoms. The maximum atomic E-state index is 10.5. The summed E-state index contributed by atoms with van der Waals surface area (Å²) in [5, 5.41) is 17.3. The topological polar surface area (TPSA) is 83.8 Å². The molecule has 0 spiro atoms. The van der Waals surface area contributed by atoms with Crippen LogP contribution in [0.25, 0.3) is 12.2 Å². The van der Waals surface area contributed by atoms with Crippen LogP contribution in [0, 0.1) is 0 Å². The van der Waals surface area contributed by atoms with Crippen molar-refractivity contribution in [2.24, 2.45) is 0 Å². The lowest BCUT2D eigenvalue weighted by Crippen LogP contribution is -1.97. The normalized spacial score (nSPS) is 11.3. The van der Waals surface area contributed by atoms with Gasteiger partial charge in [0.15, 0.2) is 0 Å². The summed E-state index contributed by atoms with van der Waals surface area (Å²) in [5.41, 5.74) is 5.48. The van der Waals surface area contributed by atoms with Crippen LogP contribution >= 0.6 is 0 Å². The van der Waals surface area contributed by atoms with E-state index in [2.05, 4.69) is 53.7 Å². The van der Waals surface area contributed by atoms with Crippen molar-refractivity contribution in [2.45, 2.75) is 59.3 Å². The van der Waals surface area contributed by atoms with Crippen LogP contribution in [0.4, 0.5) is 0 Å². The van der Waals surface area contributed by atoms with Crippen molar-refractivity contribution in [3.8, 4) is 5.75 Å². The van der Waals surface area contributed by atoms with E-state index in [0.29, 0.717) is 17.8 Å². The lowest BCUT2D eigenvalue weighted by molar-refractivity contribution is -0.132. The number of rotatable bonds is 8. The van der Waals surface area contributed by atoms with Gasteiger partial charge >= 0.3 is 11.9 Å². The number of hydrogen-bond donors (Lipinski definition) is 2. The summed E-state index contributed by atoms with van der Waals surface area (Å²) >= 11 is 0. The standard InChI is InChI=1S/C15H20O2.C13H16O3/c1-10(2)13-6-5-12(7-8-15(16)17)14(9-13)11(3)4;1-9(2)12-8-11(16-3)6-4-10(12)5-7-13(14)15/h5-11H,1-4H3,(H,16,17);4-9H,1-3H3,(H,14,15). The summed E-state index contributed by atoms with van der Waals surface area (Å²) in [7, 11) is 1.62. The lowest BCUT2D eigenvalue weighted by atomic mass is 9.91. The molecule has 5 heteroatoms. The number of carboxylic acid groups (broad SMARTS) is 2. The molecule has 0 heterocycles. The molecular formula is C28H36O5. The molecule has 0 unspecified atom stereocenters. The number of carboxylic acids is 2. The van der Waals surface area contributed by atoms with Crippen molar-refractivity contribution in [1.29, 1.82) is 0 Å². The van der Waals surface area contributed by atoms with Crippen molar-refractivity contribution in [3.05, 3.63) is 76.4 Å². The number of carbonyl (C=O) groups is 2. The van der Waals surface area contributed by atoms with E-state index in [9.17, 15) is 9.59 Å². The average Bonchev–Trinajstić information content (AvgIpc) is 2.76. The Balaban J connectivity index is 0.000000331. The Kier molecular flexibility index (Phi) is 11.1. The first-order valence-electron chi connectivity index (χ1n) is 11.1. The molecule has 0 amide bonds. The Morgan fingerprint density at radius 2 is 1.18 bits per heavy atom. The zero-order valence-electron chi connectivity index (χ0n) is 20.6.